The Morgan fingerprint density at radius 3 is 2.79 bits per heavy atom. The average Bonchev–Trinajstić information content (AvgIpc) is 2.93. The molecule has 1 aromatic heterocycles. The minimum atomic E-state index is -0.345. The molecular formula is C12H18N4O3. The topological polar surface area (TPSA) is 90.4 Å². The van der Waals surface area contributed by atoms with E-state index in [1.165, 1.54) is 12.3 Å². The summed E-state index contributed by atoms with van der Waals surface area (Å²) >= 11 is 0. The molecule has 2 N–H and O–H groups in total. The predicted octanol–water partition coefficient (Wildman–Crippen LogP) is -0.797. The maximum absolute atomic E-state index is 11.9. The number of hydrogen-bond donors (Lipinski definition) is 1. The second-order valence-electron chi connectivity index (χ2n) is 4.41. The Hall–Kier alpha value is -1.89. The molecule has 0 atom stereocenters. The normalized spacial score (nSPS) is 14.7. The van der Waals surface area contributed by atoms with Gasteiger partial charge in [0.2, 0.25) is 5.91 Å². The highest BCUT2D eigenvalue weighted by Crippen LogP contribution is 2.08. The highest BCUT2D eigenvalue weighted by atomic mass is 16.5. The summed E-state index contributed by atoms with van der Waals surface area (Å²) in [7, 11) is 0. The van der Waals surface area contributed by atoms with E-state index in [0.717, 1.165) is 30.6 Å². The van der Waals surface area contributed by atoms with Crippen molar-refractivity contribution in [3.63, 3.8) is 0 Å². The molecule has 7 heteroatoms. The Morgan fingerprint density at radius 1 is 1.42 bits per heavy atom. The molecule has 2 rings (SSSR count). The molecule has 0 bridgehead atoms. The van der Waals surface area contributed by atoms with Gasteiger partial charge in [-0.05, 0) is 12.8 Å². The van der Waals surface area contributed by atoms with Crippen molar-refractivity contribution in [1.29, 1.82) is 0 Å². The van der Waals surface area contributed by atoms with Crippen molar-refractivity contribution < 1.29 is 9.53 Å². The number of likely N-dealkylation sites (tertiary alicyclic amines) is 1. The Balaban J connectivity index is 2.00. The fraction of sp³-hybridized carbons (Fsp3) is 0.583. The van der Waals surface area contributed by atoms with Gasteiger partial charge in [0, 0.05) is 25.7 Å². The van der Waals surface area contributed by atoms with Crippen LogP contribution in [-0.4, -0.2) is 46.8 Å². The Kier molecular flexibility index (Phi) is 4.51. The first kappa shape index (κ1) is 13.5. The Labute approximate surface area is 110 Å². The van der Waals surface area contributed by atoms with Crippen LogP contribution in [0.2, 0.25) is 0 Å². The summed E-state index contributed by atoms with van der Waals surface area (Å²) in [5.41, 5.74) is 4.96. The van der Waals surface area contributed by atoms with Crippen LogP contribution >= 0.6 is 0 Å². The van der Waals surface area contributed by atoms with Crippen LogP contribution in [0.3, 0.4) is 0 Å². The first-order chi connectivity index (χ1) is 9.20. The van der Waals surface area contributed by atoms with Gasteiger partial charge in [0.05, 0.1) is 6.20 Å². The number of carbonyl (C=O) groups is 1. The van der Waals surface area contributed by atoms with Gasteiger partial charge in [-0.15, -0.1) is 0 Å². The number of rotatable bonds is 5. The van der Waals surface area contributed by atoms with Crippen LogP contribution in [0, 0.1) is 0 Å². The number of amides is 1. The molecule has 2 heterocycles. The van der Waals surface area contributed by atoms with Crippen molar-refractivity contribution in [2.24, 2.45) is 5.73 Å². The summed E-state index contributed by atoms with van der Waals surface area (Å²) in [6.07, 6.45) is 3.48. The molecular weight excluding hydrogens is 248 g/mol. The maximum atomic E-state index is 11.9. The SMILES string of the molecule is NCCOc1cnn(CC(=O)N2CCCC2)c(=O)c1. The van der Waals surface area contributed by atoms with Crippen LogP contribution in [-0.2, 0) is 11.3 Å². The molecule has 1 amide bonds. The number of ether oxygens (including phenoxy) is 1. The molecule has 1 aliphatic rings. The molecule has 7 nitrogen and oxygen atoms in total. The van der Waals surface area contributed by atoms with E-state index < -0.39 is 0 Å². The summed E-state index contributed by atoms with van der Waals surface area (Å²) in [5, 5.41) is 3.93. The van der Waals surface area contributed by atoms with E-state index in [1.54, 1.807) is 4.90 Å². The van der Waals surface area contributed by atoms with Gasteiger partial charge < -0.3 is 15.4 Å². The largest absolute Gasteiger partial charge is 0.490 e. The van der Waals surface area contributed by atoms with Crippen molar-refractivity contribution in [3.05, 3.63) is 22.6 Å². The number of aromatic nitrogens is 2. The zero-order chi connectivity index (χ0) is 13.7. The van der Waals surface area contributed by atoms with E-state index in [0.29, 0.717) is 18.9 Å². The zero-order valence-electron chi connectivity index (χ0n) is 10.7. The highest BCUT2D eigenvalue weighted by molar-refractivity contribution is 5.76. The van der Waals surface area contributed by atoms with Crippen molar-refractivity contribution >= 4 is 5.91 Å². The molecule has 0 unspecified atom stereocenters. The van der Waals surface area contributed by atoms with Gasteiger partial charge in [0.15, 0.2) is 0 Å². The molecule has 19 heavy (non-hydrogen) atoms. The Morgan fingerprint density at radius 2 is 2.16 bits per heavy atom. The van der Waals surface area contributed by atoms with Crippen LogP contribution in [0.15, 0.2) is 17.1 Å². The maximum Gasteiger partial charge on any atom is 0.270 e. The standard InChI is InChI=1S/C12H18N4O3/c13-3-6-19-10-7-11(17)16(14-8-10)9-12(18)15-4-1-2-5-15/h7-8H,1-6,9,13H2. The van der Waals surface area contributed by atoms with E-state index in [-0.39, 0.29) is 18.0 Å². The van der Waals surface area contributed by atoms with Crippen molar-refractivity contribution in [1.82, 2.24) is 14.7 Å². The van der Waals surface area contributed by atoms with Crippen molar-refractivity contribution in [2.45, 2.75) is 19.4 Å². The number of nitrogens with zero attached hydrogens (tertiary/aromatic N) is 3. The van der Waals surface area contributed by atoms with Crippen LogP contribution < -0.4 is 16.0 Å². The van der Waals surface area contributed by atoms with Crippen molar-refractivity contribution in [2.75, 3.05) is 26.2 Å². The van der Waals surface area contributed by atoms with Gasteiger partial charge in [-0.25, -0.2) is 4.68 Å². The molecule has 0 aliphatic carbocycles. The summed E-state index contributed by atoms with van der Waals surface area (Å²) in [5.74, 6) is 0.308. The lowest BCUT2D eigenvalue weighted by molar-refractivity contribution is -0.131. The van der Waals surface area contributed by atoms with Crippen molar-refractivity contribution in [3.8, 4) is 5.75 Å². The number of carbonyl (C=O) groups excluding carboxylic acids is 1. The summed E-state index contributed by atoms with van der Waals surface area (Å²) < 4.78 is 6.35. The molecule has 1 saturated heterocycles. The minimum absolute atomic E-state index is 0.0179. The van der Waals surface area contributed by atoms with Crippen LogP contribution in [0.5, 0.6) is 5.75 Å². The zero-order valence-corrected chi connectivity index (χ0v) is 10.7. The Bertz CT molecular complexity index is 494. The summed E-state index contributed by atoms with van der Waals surface area (Å²) in [6.45, 7) is 2.22. The number of hydrogen-bond acceptors (Lipinski definition) is 5. The van der Waals surface area contributed by atoms with E-state index in [2.05, 4.69) is 5.10 Å². The molecule has 1 aliphatic heterocycles. The monoisotopic (exact) mass is 266 g/mol. The van der Waals surface area contributed by atoms with Gasteiger partial charge >= 0.3 is 0 Å². The molecule has 0 spiro atoms. The molecule has 0 aromatic carbocycles. The first-order valence-electron chi connectivity index (χ1n) is 6.38. The fourth-order valence-corrected chi connectivity index (χ4v) is 1.99. The smallest absolute Gasteiger partial charge is 0.270 e. The number of nitrogens with two attached hydrogens (primary N) is 1. The highest BCUT2D eigenvalue weighted by Gasteiger charge is 2.18. The third-order valence-electron chi connectivity index (χ3n) is 2.97. The van der Waals surface area contributed by atoms with Crippen LogP contribution in [0.25, 0.3) is 0 Å². The lowest BCUT2D eigenvalue weighted by Gasteiger charge is -2.15. The van der Waals surface area contributed by atoms with Gasteiger partial charge in [0.1, 0.15) is 18.9 Å². The van der Waals surface area contributed by atoms with Gasteiger partial charge in [-0.2, -0.15) is 5.10 Å². The molecule has 0 saturated carbocycles. The van der Waals surface area contributed by atoms with Crippen LogP contribution in [0.4, 0.5) is 0 Å². The summed E-state index contributed by atoms with van der Waals surface area (Å²) in [4.78, 5) is 25.4. The van der Waals surface area contributed by atoms with Gasteiger partial charge in [-0.3, -0.25) is 9.59 Å². The lowest BCUT2D eigenvalue weighted by atomic mass is 10.4. The molecule has 1 aromatic rings. The van der Waals surface area contributed by atoms with Gasteiger partial charge in [0.25, 0.3) is 5.56 Å². The second kappa shape index (κ2) is 6.33. The third kappa shape index (κ3) is 3.54. The first-order valence-corrected chi connectivity index (χ1v) is 6.38. The van der Waals surface area contributed by atoms with E-state index in [9.17, 15) is 9.59 Å². The quantitative estimate of drug-likeness (QED) is 0.753. The summed E-state index contributed by atoms with van der Waals surface area (Å²) in [6, 6.07) is 1.32. The fourth-order valence-electron chi connectivity index (χ4n) is 1.99. The van der Waals surface area contributed by atoms with E-state index >= 15 is 0 Å². The lowest BCUT2D eigenvalue weighted by Crippen LogP contribution is -2.35. The molecule has 1 fully saturated rings. The van der Waals surface area contributed by atoms with Gasteiger partial charge in [-0.1, -0.05) is 0 Å². The average molecular weight is 266 g/mol. The third-order valence-corrected chi connectivity index (χ3v) is 2.97. The minimum Gasteiger partial charge on any atom is -0.490 e. The molecule has 104 valence electrons. The molecule has 0 radical (unpaired) electrons. The second-order valence-corrected chi connectivity index (χ2v) is 4.41. The predicted molar refractivity (Wildman–Crippen MR) is 68.9 cm³/mol. The van der Waals surface area contributed by atoms with Crippen LogP contribution in [0.1, 0.15) is 12.8 Å². The van der Waals surface area contributed by atoms with E-state index in [1.807, 2.05) is 0 Å². The van der Waals surface area contributed by atoms with E-state index in [4.69, 9.17) is 10.5 Å².